The Morgan fingerprint density at radius 2 is 1.56 bits per heavy atom. The predicted molar refractivity (Wildman–Crippen MR) is 40.2 cm³/mol. The van der Waals surface area contributed by atoms with Gasteiger partial charge < -0.3 is 4.48 Å². The smallest absolute Gasteiger partial charge is 0.143 e. The molecule has 1 rings (SSSR count). The van der Waals surface area contributed by atoms with E-state index in [4.69, 9.17) is 0 Å². The van der Waals surface area contributed by atoms with Crippen LogP contribution in [0.3, 0.4) is 0 Å². The van der Waals surface area contributed by atoms with E-state index in [0.717, 1.165) is 18.0 Å². The van der Waals surface area contributed by atoms with Crippen LogP contribution in [-0.4, -0.2) is 30.7 Å². The first-order valence-electron chi connectivity index (χ1n) is 3.81. The van der Waals surface area contributed by atoms with Gasteiger partial charge in [-0.1, -0.05) is 13.8 Å². The van der Waals surface area contributed by atoms with Crippen molar-refractivity contribution in [3.8, 4) is 0 Å². The molecule has 0 aliphatic carbocycles. The molecule has 0 amide bonds. The topological polar surface area (TPSA) is 0 Å². The second kappa shape index (κ2) is 1.72. The van der Waals surface area contributed by atoms with Crippen molar-refractivity contribution in [2.45, 2.75) is 32.9 Å². The summed E-state index contributed by atoms with van der Waals surface area (Å²) in [6.07, 6.45) is 0. The summed E-state index contributed by atoms with van der Waals surface area (Å²) in [6, 6.07) is 1.81. The number of hydrogen-bond donors (Lipinski definition) is 0. The molecule has 0 aromatic heterocycles. The minimum atomic E-state index is 0.856. The van der Waals surface area contributed by atoms with E-state index in [0.29, 0.717) is 0 Å². The van der Waals surface area contributed by atoms with Crippen molar-refractivity contribution in [3.05, 3.63) is 0 Å². The van der Waals surface area contributed by atoms with Crippen molar-refractivity contribution in [3.63, 3.8) is 0 Å². The Labute approximate surface area is 58.3 Å². The Balaban J connectivity index is 2.52. The van der Waals surface area contributed by atoms with Crippen LogP contribution in [0.1, 0.15) is 20.8 Å². The quantitative estimate of drug-likeness (QED) is 0.371. The van der Waals surface area contributed by atoms with Gasteiger partial charge in [-0.25, -0.2) is 0 Å². The predicted octanol–water partition coefficient (Wildman–Crippen LogP) is 1.49. The van der Waals surface area contributed by atoms with Crippen LogP contribution in [0.15, 0.2) is 0 Å². The SMILES string of the molecule is CC(C)[C@H]1[C@H](C)[N+]1(C)C. The molecule has 1 saturated heterocycles. The summed E-state index contributed by atoms with van der Waals surface area (Å²) in [5.41, 5.74) is 0. The van der Waals surface area contributed by atoms with Gasteiger partial charge in [0, 0.05) is 5.92 Å². The molecule has 2 atom stereocenters. The van der Waals surface area contributed by atoms with Crippen molar-refractivity contribution < 1.29 is 4.48 Å². The fourth-order valence-corrected chi connectivity index (χ4v) is 2.15. The lowest BCUT2D eigenvalue weighted by Crippen LogP contribution is -2.20. The molecule has 1 aliphatic heterocycles. The van der Waals surface area contributed by atoms with E-state index in [9.17, 15) is 0 Å². The van der Waals surface area contributed by atoms with Crippen molar-refractivity contribution in [2.24, 2.45) is 5.92 Å². The molecule has 0 unspecified atom stereocenters. The van der Waals surface area contributed by atoms with Crippen LogP contribution in [-0.2, 0) is 0 Å². The highest BCUT2D eigenvalue weighted by Gasteiger charge is 2.58. The molecule has 0 bridgehead atoms. The van der Waals surface area contributed by atoms with Crippen LogP contribution in [0.25, 0.3) is 0 Å². The average molecular weight is 128 g/mol. The first-order valence-corrected chi connectivity index (χ1v) is 3.81. The Morgan fingerprint density at radius 1 is 1.22 bits per heavy atom. The maximum atomic E-state index is 2.34. The highest BCUT2D eigenvalue weighted by Crippen LogP contribution is 2.39. The molecule has 54 valence electrons. The third-order valence-corrected chi connectivity index (χ3v) is 2.91. The molecule has 0 radical (unpaired) electrons. The van der Waals surface area contributed by atoms with Crippen LogP contribution < -0.4 is 0 Å². The molecule has 0 spiro atoms. The molecule has 1 heteroatoms. The van der Waals surface area contributed by atoms with Gasteiger partial charge in [0.25, 0.3) is 0 Å². The van der Waals surface area contributed by atoms with Gasteiger partial charge in [0.2, 0.25) is 0 Å². The summed E-state index contributed by atoms with van der Waals surface area (Å²) in [5.74, 6) is 0.856. The second-order valence-electron chi connectivity index (χ2n) is 4.10. The lowest BCUT2D eigenvalue weighted by Gasteiger charge is -2.07. The standard InChI is InChI=1S/C8H18N/c1-6(2)8-7(3)9(8,4)5/h6-8H,1-5H3/q+1/t7-,8-/m0/s1. The summed E-state index contributed by atoms with van der Waals surface area (Å²) < 4.78 is 1.23. The van der Waals surface area contributed by atoms with Gasteiger partial charge >= 0.3 is 0 Å². The van der Waals surface area contributed by atoms with Crippen LogP contribution in [0.2, 0.25) is 0 Å². The molecular weight excluding hydrogens is 110 g/mol. The van der Waals surface area contributed by atoms with Crippen LogP contribution in [0.4, 0.5) is 0 Å². The highest BCUT2D eigenvalue weighted by molar-refractivity contribution is 4.83. The Kier molecular flexibility index (Phi) is 1.35. The van der Waals surface area contributed by atoms with Gasteiger partial charge in [-0.15, -0.1) is 0 Å². The number of hydrogen-bond acceptors (Lipinski definition) is 0. The van der Waals surface area contributed by atoms with Crippen molar-refractivity contribution in [1.82, 2.24) is 0 Å². The van der Waals surface area contributed by atoms with Crippen LogP contribution >= 0.6 is 0 Å². The Bertz CT molecular complexity index is 116. The third kappa shape index (κ3) is 0.877. The first-order chi connectivity index (χ1) is 3.98. The zero-order valence-corrected chi connectivity index (χ0v) is 7.18. The Hall–Kier alpha value is -0.0400. The number of nitrogens with zero attached hydrogens (tertiary/aromatic N) is 1. The number of quaternary nitrogens is 1. The lowest BCUT2D eigenvalue weighted by atomic mass is 10.1. The number of likely N-dealkylation sites (N-methyl/N-ethyl adjacent to an activating group) is 1. The molecule has 9 heavy (non-hydrogen) atoms. The monoisotopic (exact) mass is 128 g/mol. The molecule has 1 aliphatic rings. The first kappa shape index (κ1) is 7.07. The van der Waals surface area contributed by atoms with Gasteiger partial charge in [0.05, 0.1) is 14.1 Å². The van der Waals surface area contributed by atoms with Crippen molar-refractivity contribution in [1.29, 1.82) is 0 Å². The zero-order chi connectivity index (χ0) is 7.23. The summed E-state index contributed by atoms with van der Waals surface area (Å²) >= 11 is 0. The minimum Gasteiger partial charge on any atom is -0.314 e. The second-order valence-corrected chi connectivity index (χ2v) is 4.10. The fourth-order valence-electron chi connectivity index (χ4n) is 2.15. The molecule has 0 aromatic carbocycles. The summed E-state index contributed by atoms with van der Waals surface area (Å²) in [6.45, 7) is 6.97. The van der Waals surface area contributed by atoms with Crippen molar-refractivity contribution >= 4 is 0 Å². The van der Waals surface area contributed by atoms with Gasteiger partial charge in [-0.3, -0.25) is 0 Å². The summed E-state index contributed by atoms with van der Waals surface area (Å²) in [4.78, 5) is 0. The molecular formula is C8H18N+. The van der Waals surface area contributed by atoms with Crippen molar-refractivity contribution in [2.75, 3.05) is 14.1 Å². The van der Waals surface area contributed by atoms with Gasteiger partial charge in [0.15, 0.2) is 0 Å². The van der Waals surface area contributed by atoms with E-state index in [-0.39, 0.29) is 0 Å². The largest absolute Gasteiger partial charge is 0.314 e. The zero-order valence-electron chi connectivity index (χ0n) is 7.18. The molecule has 1 heterocycles. The summed E-state index contributed by atoms with van der Waals surface area (Å²) in [7, 11) is 4.63. The molecule has 1 fully saturated rings. The van der Waals surface area contributed by atoms with Gasteiger partial charge in [-0.05, 0) is 6.92 Å². The Morgan fingerprint density at radius 3 is 1.56 bits per heavy atom. The van der Waals surface area contributed by atoms with E-state index < -0.39 is 0 Å². The van der Waals surface area contributed by atoms with E-state index >= 15 is 0 Å². The highest BCUT2D eigenvalue weighted by atomic mass is 15.5. The molecule has 0 N–H and O–H groups in total. The van der Waals surface area contributed by atoms with E-state index in [1.165, 1.54) is 4.48 Å². The van der Waals surface area contributed by atoms with E-state index in [1.54, 1.807) is 0 Å². The average Bonchev–Trinajstić information content (AvgIpc) is 2.07. The van der Waals surface area contributed by atoms with Gasteiger partial charge in [0.1, 0.15) is 12.1 Å². The maximum Gasteiger partial charge on any atom is 0.143 e. The number of rotatable bonds is 1. The fraction of sp³-hybridized carbons (Fsp3) is 1.00. The van der Waals surface area contributed by atoms with Crippen LogP contribution in [0.5, 0.6) is 0 Å². The molecule has 0 aromatic rings. The van der Waals surface area contributed by atoms with E-state index in [2.05, 4.69) is 34.9 Å². The van der Waals surface area contributed by atoms with E-state index in [1.807, 2.05) is 0 Å². The molecule has 1 nitrogen and oxygen atoms in total. The van der Waals surface area contributed by atoms with Crippen LogP contribution in [0, 0.1) is 5.92 Å². The minimum absolute atomic E-state index is 0.856. The normalized spacial score (nSPS) is 39.3. The third-order valence-electron chi connectivity index (χ3n) is 2.91. The maximum absolute atomic E-state index is 2.34. The summed E-state index contributed by atoms with van der Waals surface area (Å²) in [5, 5.41) is 0. The van der Waals surface area contributed by atoms with Gasteiger partial charge in [-0.2, -0.15) is 0 Å². The lowest BCUT2D eigenvalue weighted by molar-refractivity contribution is -0.784. The molecule has 0 saturated carbocycles.